The molecule has 2 rings (SSSR count). The van der Waals surface area contributed by atoms with Crippen molar-refractivity contribution < 1.29 is 61.8 Å². The smallest absolute Gasteiger partial charge is 0.329 e. The van der Waals surface area contributed by atoms with E-state index in [1.54, 1.807) is 0 Å². The lowest BCUT2D eigenvalue weighted by atomic mass is 10.2. The normalized spacial score (nSPS) is 11.9. The topological polar surface area (TPSA) is 159 Å². The van der Waals surface area contributed by atoms with Crippen LogP contribution in [-0.4, -0.2) is 157 Å². The predicted octanol–water partition coefficient (Wildman–Crippen LogP) is 1.91. The monoisotopic (exact) mass is 767 g/mol. The fraction of sp³-hybridized carbons (Fsp3) is 0.632. The van der Waals surface area contributed by atoms with Gasteiger partial charge in [-0.25, -0.2) is 4.79 Å². The zero-order valence-corrected chi connectivity index (χ0v) is 32.8. The van der Waals surface area contributed by atoms with E-state index in [1.807, 2.05) is 12.1 Å². The van der Waals surface area contributed by atoms with Gasteiger partial charge in [0.05, 0.1) is 112 Å². The van der Waals surface area contributed by atoms with Crippen molar-refractivity contribution in [3.8, 4) is 0 Å². The highest BCUT2D eigenvalue weighted by Gasteiger charge is 2.50. The summed E-state index contributed by atoms with van der Waals surface area (Å²) in [6.07, 6.45) is 0. The Hall–Kier alpha value is -2.80. The van der Waals surface area contributed by atoms with Crippen LogP contribution in [0.15, 0.2) is 60.7 Å². The molecule has 2 aromatic rings. The van der Waals surface area contributed by atoms with Crippen LogP contribution in [0.5, 0.6) is 0 Å². The summed E-state index contributed by atoms with van der Waals surface area (Å²) in [6.45, 7) is 14.1. The molecule has 0 atom stereocenters. The Morgan fingerprint density at radius 3 is 1.19 bits per heavy atom. The van der Waals surface area contributed by atoms with Gasteiger partial charge in [-0.2, -0.15) is 0 Å². The molecule has 0 saturated heterocycles. The minimum atomic E-state index is -2.55. The van der Waals surface area contributed by atoms with Gasteiger partial charge in [-0.3, -0.25) is 4.79 Å². The van der Waals surface area contributed by atoms with Crippen LogP contribution >= 0.6 is 0 Å². The van der Waals surface area contributed by atoms with Crippen molar-refractivity contribution in [1.82, 2.24) is 5.32 Å². The number of hydrogen-bond donors (Lipinski definition) is 2. The number of amides is 1. The summed E-state index contributed by atoms with van der Waals surface area (Å²) in [6, 6.07) is 21.2. The molecule has 0 unspecified atom stereocenters. The van der Waals surface area contributed by atoms with E-state index in [0.29, 0.717) is 119 Å². The van der Waals surface area contributed by atoms with Crippen LogP contribution in [0.4, 0.5) is 0 Å². The molecule has 300 valence electrons. The predicted molar refractivity (Wildman–Crippen MR) is 202 cm³/mol. The molecule has 0 aliphatic carbocycles. The molecule has 0 fully saturated rings. The number of aliphatic carboxylic acids is 1. The maximum atomic E-state index is 11.4. The molecule has 0 aliphatic rings. The lowest BCUT2D eigenvalue weighted by Gasteiger charge is -2.43. The average molecular weight is 768 g/mol. The number of carboxylic acid groups (broad SMARTS) is 1. The van der Waals surface area contributed by atoms with E-state index in [1.165, 1.54) is 10.4 Å². The van der Waals surface area contributed by atoms with Crippen molar-refractivity contribution in [2.75, 3.05) is 132 Å². The van der Waals surface area contributed by atoms with Gasteiger partial charge in [0.2, 0.25) is 5.91 Å². The number of ether oxygens (including phenoxy) is 9. The van der Waals surface area contributed by atoms with Crippen LogP contribution in [0.1, 0.15) is 20.8 Å². The second-order valence-corrected chi connectivity index (χ2v) is 17.0. The third-order valence-corrected chi connectivity index (χ3v) is 12.6. The highest BCUT2D eigenvalue weighted by atomic mass is 28.4. The van der Waals surface area contributed by atoms with E-state index in [0.717, 1.165) is 0 Å². The van der Waals surface area contributed by atoms with Gasteiger partial charge in [0.25, 0.3) is 8.32 Å². The van der Waals surface area contributed by atoms with Gasteiger partial charge in [-0.05, 0) is 15.4 Å². The quantitative estimate of drug-likeness (QED) is 0.0787. The zero-order valence-electron chi connectivity index (χ0n) is 31.8. The Morgan fingerprint density at radius 2 is 0.849 bits per heavy atom. The Labute approximate surface area is 315 Å². The van der Waals surface area contributed by atoms with E-state index in [9.17, 15) is 9.59 Å². The molecule has 0 radical (unpaired) electrons. The first-order chi connectivity index (χ1) is 25.8. The van der Waals surface area contributed by atoms with Crippen LogP contribution in [0.2, 0.25) is 5.04 Å². The first kappa shape index (κ1) is 46.4. The summed E-state index contributed by atoms with van der Waals surface area (Å²) in [5.41, 5.74) is 0. The number of carboxylic acids is 1. The summed E-state index contributed by atoms with van der Waals surface area (Å²) < 4.78 is 55.8. The number of rotatable bonds is 34. The number of benzene rings is 2. The SMILES string of the molecule is CC(C)(C)[Si](OCCOCCOCCOCCOCCOCCOCCOCCOCCNC(=O)COCC(=O)O)(c1ccccc1)c1ccccc1. The van der Waals surface area contributed by atoms with Crippen molar-refractivity contribution in [3.05, 3.63) is 60.7 Å². The molecule has 0 aliphatic heterocycles. The van der Waals surface area contributed by atoms with Crippen molar-refractivity contribution in [2.45, 2.75) is 25.8 Å². The van der Waals surface area contributed by atoms with Crippen LogP contribution < -0.4 is 15.7 Å². The molecule has 15 heteroatoms. The second kappa shape index (κ2) is 29.5. The fourth-order valence-corrected chi connectivity index (χ4v) is 9.75. The minimum Gasteiger partial charge on any atom is -0.480 e. The van der Waals surface area contributed by atoms with Crippen LogP contribution in [0.25, 0.3) is 0 Å². The summed E-state index contributed by atoms with van der Waals surface area (Å²) in [5, 5.41) is 13.4. The summed E-state index contributed by atoms with van der Waals surface area (Å²) in [5.74, 6) is -1.52. The van der Waals surface area contributed by atoms with E-state index in [4.69, 9.17) is 47.4 Å². The average Bonchev–Trinajstić information content (AvgIpc) is 3.14. The molecule has 0 saturated carbocycles. The molecular weight excluding hydrogens is 706 g/mol. The van der Waals surface area contributed by atoms with Crippen molar-refractivity contribution in [3.63, 3.8) is 0 Å². The molecular formula is C38H61NO13Si. The fourth-order valence-electron chi connectivity index (χ4n) is 5.20. The molecule has 2 aromatic carbocycles. The first-order valence-electron chi connectivity index (χ1n) is 18.2. The molecule has 0 spiro atoms. The number of hydrogen-bond acceptors (Lipinski definition) is 12. The number of carbonyl (C=O) groups is 2. The maximum absolute atomic E-state index is 11.4. The Kier molecular flexibility index (Phi) is 25.8. The molecule has 2 N–H and O–H groups in total. The van der Waals surface area contributed by atoms with Gasteiger partial charge in [-0.15, -0.1) is 0 Å². The molecule has 0 heterocycles. The summed E-state index contributed by atoms with van der Waals surface area (Å²) in [4.78, 5) is 21.7. The summed E-state index contributed by atoms with van der Waals surface area (Å²) in [7, 11) is -2.55. The number of carbonyl (C=O) groups excluding carboxylic acids is 1. The van der Waals surface area contributed by atoms with Gasteiger partial charge in [0.15, 0.2) is 0 Å². The Balaban J connectivity index is 1.33. The van der Waals surface area contributed by atoms with Gasteiger partial charge >= 0.3 is 5.97 Å². The van der Waals surface area contributed by atoms with Crippen LogP contribution in [0.3, 0.4) is 0 Å². The van der Waals surface area contributed by atoms with Crippen LogP contribution in [-0.2, 0) is 56.6 Å². The molecule has 0 aromatic heterocycles. The van der Waals surface area contributed by atoms with Crippen molar-refractivity contribution in [1.29, 1.82) is 0 Å². The van der Waals surface area contributed by atoms with Gasteiger partial charge in [0.1, 0.15) is 13.2 Å². The van der Waals surface area contributed by atoms with E-state index in [-0.39, 0.29) is 11.6 Å². The third-order valence-electron chi connectivity index (χ3n) is 7.59. The van der Waals surface area contributed by atoms with Gasteiger partial charge in [-0.1, -0.05) is 81.4 Å². The van der Waals surface area contributed by atoms with Crippen LogP contribution in [0, 0.1) is 0 Å². The van der Waals surface area contributed by atoms with Crippen molar-refractivity contribution in [2.24, 2.45) is 0 Å². The zero-order chi connectivity index (χ0) is 38.3. The second-order valence-electron chi connectivity index (χ2n) is 12.6. The number of nitrogens with one attached hydrogen (secondary N) is 1. The highest BCUT2D eigenvalue weighted by Crippen LogP contribution is 2.36. The Bertz CT molecular complexity index is 1150. The van der Waals surface area contributed by atoms with E-state index < -0.39 is 26.8 Å². The van der Waals surface area contributed by atoms with Crippen molar-refractivity contribution >= 4 is 30.6 Å². The van der Waals surface area contributed by atoms with Gasteiger partial charge in [0, 0.05) is 6.54 Å². The Morgan fingerprint density at radius 1 is 0.509 bits per heavy atom. The molecule has 1 amide bonds. The lowest BCUT2D eigenvalue weighted by molar-refractivity contribution is -0.143. The standard InChI is InChI=1S/C38H61NO13Si/c1-38(2,3)53(34-10-6-4-7-11-34,35-12-8-5-9-13-35)52-31-30-50-29-28-49-27-26-48-25-24-47-23-22-46-21-20-45-19-18-44-17-16-43-15-14-39-36(40)32-51-33-37(41)42/h4-13H,14-33H2,1-3H3,(H,39,40)(H,41,42). The third kappa shape index (κ3) is 21.0. The van der Waals surface area contributed by atoms with E-state index in [2.05, 4.69) is 79.4 Å². The molecule has 53 heavy (non-hydrogen) atoms. The summed E-state index contributed by atoms with van der Waals surface area (Å²) >= 11 is 0. The lowest BCUT2D eigenvalue weighted by Crippen LogP contribution is -2.66. The molecule has 0 bridgehead atoms. The first-order valence-corrected chi connectivity index (χ1v) is 20.1. The maximum Gasteiger partial charge on any atom is 0.329 e. The highest BCUT2D eigenvalue weighted by molar-refractivity contribution is 6.99. The largest absolute Gasteiger partial charge is 0.480 e. The molecule has 14 nitrogen and oxygen atoms in total. The minimum absolute atomic E-state index is 0.0662. The van der Waals surface area contributed by atoms with Gasteiger partial charge < -0.3 is 57.5 Å². The van der Waals surface area contributed by atoms with E-state index >= 15 is 0 Å².